The Morgan fingerprint density at radius 3 is 2.58 bits per heavy atom. The highest BCUT2D eigenvalue weighted by Crippen LogP contribution is 2.28. The Bertz CT molecular complexity index is 511. The normalized spacial score (nSPS) is 21.5. The zero-order valence-corrected chi connectivity index (χ0v) is 12.8. The molecule has 0 aliphatic carbocycles. The van der Waals surface area contributed by atoms with Crippen LogP contribution in [0.4, 0.5) is 0 Å². The van der Waals surface area contributed by atoms with Crippen molar-refractivity contribution in [3.05, 3.63) is 29.3 Å². The van der Waals surface area contributed by atoms with E-state index in [-0.39, 0.29) is 6.04 Å². The third-order valence-corrected chi connectivity index (χ3v) is 5.83. The summed E-state index contributed by atoms with van der Waals surface area (Å²) in [6, 6.07) is 6.60. The topological polar surface area (TPSA) is 37.4 Å². The van der Waals surface area contributed by atoms with Gasteiger partial charge in [-0.15, -0.1) is 0 Å². The molecule has 0 N–H and O–H groups in total. The minimum Gasteiger partial charge on any atom is -0.207 e. The number of benzene rings is 1. The number of hydrogen-bond donors (Lipinski definition) is 0. The van der Waals surface area contributed by atoms with E-state index >= 15 is 0 Å². The predicted octanol–water partition coefficient (Wildman–Crippen LogP) is 3.68. The SMILES string of the molecule is CCCC1CCCCN1S(=O)(=O)c1ccc(Cl)cc1. The monoisotopic (exact) mass is 301 g/mol. The van der Waals surface area contributed by atoms with E-state index < -0.39 is 10.0 Å². The Hall–Kier alpha value is -0.580. The summed E-state index contributed by atoms with van der Waals surface area (Å²) in [5.41, 5.74) is 0. The van der Waals surface area contributed by atoms with Crippen LogP contribution in [0.1, 0.15) is 39.0 Å². The Labute approximate surface area is 120 Å². The van der Waals surface area contributed by atoms with Crippen molar-refractivity contribution in [3.8, 4) is 0 Å². The maximum Gasteiger partial charge on any atom is 0.243 e. The van der Waals surface area contributed by atoms with Gasteiger partial charge in [-0.05, 0) is 43.5 Å². The van der Waals surface area contributed by atoms with Crippen LogP contribution in [0.2, 0.25) is 5.02 Å². The van der Waals surface area contributed by atoms with Crippen molar-refractivity contribution in [2.75, 3.05) is 6.54 Å². The molecule has 0 saturated carbocycles. The van der Waals surface area contributed by atoms with Gasteiger partial charge in [0, 0.05) is 17.6 Å². The molecule has 0 spiro atoms. The smallest absolute Gasteiger partial charge is 0.207 e. The summed E-state index contributed by atoms with van der Waals surface area (Å²) >= 11 is 5.82. The molecule has 1 saturated heterocycles. The Morgan fingerprint density at radius 1 is 1.26 bits per heavy atom. The van der Waals surface area contributed by atoms with E-state index in [1.54, 1.807) is 28.6 Å². The van der Waals surface area contributed by atoms with Gasteiger partial charge in [0.15, 0.2) is 0 Å². The van der Waals surface area contributed by atoms with Crippen LogP contribution in [0.3, 0.4) is 0 Å². The van der Waals surface area contributed by atoms with Gasteiger partial charge in [-0.1, -0.05) is 31.4 Å². The van der Waals surface area contributed by atoms with Crippen LogP contribution in [0, 0.1) is 0 Å². The number of halogens is 1. The van der Waals surface area contributed by atoms with Crippen molar-refractivity contribution in [1.82, 2.24) is 4.31 Å². The second kappa shape index (κ2) is 6.25. The molecule has 0 radical (unpaired) electrons. The summed E-state index contributed by atoms with van der Waals surface area (Å²) in [6.07, 6.45) is 5.00. The molecular weight excluding hydrogens is 282 g/mol. The third-order valence-electron chi connectivity index (χ3n) is 3.62. The maximum atomic E-state index is 12.7. The Morgan fingerprint density at radius 2 is 1.95 bits per heavy atom. The van der Waals surface area contributed by atoms with Crippen molar-refractivity contribution in [1.29, 1.82) is 0 Å². The lowest BCUT2D eigenvalue weighted by atomic mass is 10.0. The lowest BCUT2D eigenvalue weighted by Crippen LogP contribution is -2.43. The summed E-state index contributed by atoms with van der Waals surface area (Å²) in [7, 11) is -3.38. The van der Waals surface area contributed by atoms with E-state index in [2.05, 4.69) is 6.92 Å². The average molecular weight is 302 g/mol. The van der Waals surface area contributed by atoms with Gasteiger partial charge in [0.1, 0.15) is 0 Å². The third kappa shape index (κ3) is 3.30. The van der Waals surface area contributed by atoms with Crippen LogP contribution in [0.15, 0.2) is 29.2 Å². The molecule has 1 aliphatic rings. The molecule has 19 heavy (non-hydrogen) atoms. The lowest BCUT2D eigenvalue weighted by Gasteiger charge is -2.34. The largest absolute Gasteiger partial charge is 0.243 e. The van der Waals surface area contributed by atoms with Gasteiger partial charge in [-0.25, -0.2) is 8.42 Å². The predicted molar refractivity (Wildman–Crippen MR) is 77.9 cm³/mol. The first-order valence-electron chi connectivity index (χ1n) is 6.83. The van der Waals surface area contributed by atoms with Crippen LogP contribution >= 0.6 is 11.6 Å². The average Bonchev–Trinajstić information content (AvgIpc) is 2.40. The van der Waals surface area contributed by atoms with Gasteiger partial charge in [0.25, 0.3) is 0 Å². The fourth-order valence-corrected chi connectivity index (χ4v) is 4.50. The van der Waals surface area contributed by atoms with E-state index in [0.717, 1.165) is 32.1 Å². The van der Waals surface area contributed by atoms with Crippen molar-refractivity contribution >= 4 is 21.6 Å². The minimum atomic E-state index is -3.38. The molecule has 1 heterocycles. The van der Waals surface area contributed by atoms with Gasteiger partial charge in [0.2, 0.25) is 10.0 Å². The van der Waals surface area contributed by atoms with E-state index in [1.165, 1.54) is 0 Å². The van der Waals surface area contributed by atoms with Crippen LogP contribution in [0.5, 0.6) is 0 Å². The summed E-state index contributed by atoms with van der Waals surface area (Å²) in [4.78, 5) is 0.347. The van der Waals surface area contributed by atoms with Crippen LogP contribution in [0.25, 0.3) is 0 Å². The zero-order chi connectivity index (χ0) is 13.9. The second-order valence-corrected chi connectivity index (χ2v) is 7.33. The molecule has 1 unspecified atom stereocenters. The lowest BCUT2D eigenvalue weighted by molar-refractivity contribution is 0.239. The van der Waals surface area contributed by atoms with E-state index in [1.807, 2.05) is 0 Å². The van der Waals surface area contributed by atoms with E-state index in [9.17, 15) is 8.42 Å². The van der Waals surface area contributed by atoms with Crippen LogP contribution in [-0.2, 0) is 10.0 Å². The Kier molecular flexibility index (Phi) is 4.87. The summed E-state index contributed by atoms with van der Waals surface area (Å²) in [6.45, 7) is 2.73. The summed E-state index contributed by atoms with van der Waals surface area (Å²) < 4.78 is 27.0. The molecule has 1 aromatic carbocycles. The van der Waals surface area contributed by atoms with E-state index in [4.69, 9.17) is 11.6 Å². The Balaban J connectivity index is 2.28. The molecule has 2 rings (SSSR count). The quantitative estimate of drug-likeness (QED) is 0.850. The van der Waals surface area contributed by atoms with Crippen LogP contribution < -0.4 is 0 Å². The molecule has 3 nitrogen and oxygen atoms in total. The fourth-order valence-electron chi connectivity index (χ4n) is 2.65. The van der Waals surface area contributed by atoms with Crippen LogP contribution in [-0.4, -0.2) is 25.3 Å². The van der Waals surface area contributed by atoms with E-state index in [0.29, 0.717) is 16.5 Å². The van der Waals surface area contributed by atoms with Crippen molar-refractivity contribution in [2.24, 2.45) is 0 Å². The summed E-state index contributed by atoms with van der Waals surface area (Å²) in [5.74, 6) is 0. The molecule has 1 aromatic rings. The minimum absolute atomic E-state index is 0.152. The maximum absolute atomic E-state index is 12.7. The number of hydrogen-bond acceptors (Lipinski definition) is 2. The molecule has 106 valence electrons. The van der Waals surface area contributed by atoms with Crippen molar-refractivity contribution in [3.63, 3.8) is 0 Å². The molecule has 1 aliphatic heterocycles. The van der Waals surface area contributed by atoms with Crippen molar-refractivity contribution in [2.45, 2.75) is 50.0 Å². The number of rotatable bonds is 4. The van der Waals surface area contributed by atoms with Gasteiger partial charge in [-0.3, -0.25) is 0 Å². The van der Waals surface area contributed by atoms with Gasteiger partial charge in [-0.2, -0.15) is 4.31 Å². The standard InChI is InChI=1S/C14H20ClNO2S/c1-2-5-13-6-3-4-11-16(13)19(17,18)14-9-7-12(15)8-10-14/h7-10,13H,2-6,11H2,1H3. The number of piperidine rings is 1. The first kappa shape index (κ1) is 14.8. The number of nitrogens with zero attached hydrogens (tertiary/aromatic N) is 1. The second-order valence-electron chi connectivity index (χ2n) is 5.01. The molecular formula is C14H20ClNO2S. The molecule has 0 bridgehead atoms. The molecule has 1 fully saturated rings. The summed E-state index contributed by atoms with van der Waals surface area (Å²) in [5, 5.41) is 0.558. The highest BCUT2D eigenvalue weighted by Gasteiger charge is 2.32. The first-order valence-corrected chi connectivity index (χ1v) is 8.65. The molecule has 5 heteroatoms. The van der Waals surface area contributed by atoms with Gasteiger partial charge < -0.3 is 0 Å². The highest BCUT2D eigenvalue weighted by molar-refractivity contribution is 7.89. The van der Waals surface area contributed by atoms with Gasteiger partial charge in [0.05, 0.1) is 4.90 Å². The number of sulfonamides is 1. The highest BCUT2D eigenvalue weighted by atomic mass is 35.5. The first-order chi connectivity index (χ1) is 9.05. The molecule has 1 atom stereocenters. The van der Waals surface area contributed by atoms with Crippen molar-refractivity contribution < 1.29 is 8.42 Å². The molecule has 0 amide bonds. The fraction of sp³-hybridized carbons (Fsp3) is 0.571. The molecule has 0 aromatic heterocycles. The zero-order valence-electron chi connectivity index (χ0n) is 11.2. The van der Waals surface area contributed by atoms with Gasteiger partial charge >= 0.3 is 0 Å².